The van der Waals surface area contributed by atoms with Gasteiger partial charge in [-0.15, -0.1) is 5.54 Å². The van der Waals surface area contributed by atoms with Gasteiger partial charge in [0.05, 0.1) is 40.3 Å². The highest BCUT2D eigenvalue weighted by atomic mass is 28.3. The van der Waals surface area contributed by atoms with Crippen molar-refractivity contribution in [2.75, 3.05) is 31.2 Å². The molecular formula is C57H69F5N8O4Si. The Balaban J connectivity index is 1.08. The normalized spacial score (nSPS) is 23.9. The molecule has 1 amide bonds. The summed E-state index contributed by atoms with van der Waals surface area (Å²) < 4.78 is 93.9. The van der Waals surface area contributed by atoms with Crippen LogP contribution in [0, 0.1) is 23.1 Å². The van der Waals surface area contributed by atoms with Crippen molar-refractivity contribution in [3.05, 3.63) is 71.3 Å². The first-order valence-corrected chi connectivity index (χ1v) is 29.1. The van der Waals surface area contributed by atoms with Crippen LogP contribution in [0.5, 0.6) is 11.9 Å². The average Bonchev–Trinajstić information content (AvgIpc) is 4.04. The van der Waals surface area contributed by atoms with E-state index in [0.717, 1.165) is 51.0 Å². The number of hydrogen-bond acceptors (Lipinski definition) is 11. The lowest BCUT2D eigenvalue weighted by Gasteiger charge is -2.48. The monoisotopic (exact) mass is 1050 g/mol. The van der Waals surface area contributed by atoms with Crippen LogP contribution in [-0.4, -0.2) is 110 Å². The number of carbonyl (C=O) groups excluding carboxylic acids is 1. The van der Waals surface area contributed by atoms with Crippen LogP contribution >= 0.6 is 0 Å². The van der Waals surface area contributed by atoms with Crippen LogP contribution in [0.4, 0.5) is 32.6 Å². The Hall–Kier alpha value is -5.67. The fourth-order valence-corrected chi connectivity index (χ4v) is 19.0. The molecule has 2 aromatic carbocycles. The first kappa shape index (κ1) is 52.8. The maximum Gasteiger partial charge on any atom is 0.433 e. The fourth-order valence-electron chi connectivity index (χ4n) is 13.8. The maximum absolute atomic E-state index is 18.4. The third-order valence-electron chi connectivity index (χ3n) is 17.2. The van der Waals surface area contributed by atoms with Crippen molar-refractivity contribution in [2.24, 2.45) is 0 Å². The Kier molecular flexibility index (Phi) is 13.9. The summed E-state index contributed by atoms with van der Waals surface area (Å²) >= 11 is 0. The number of benzene rings is 2. The lowest BCUT2D eigenvalue weighted by molar-refractivity contribution is -0.141. The number of ether oxygens (including phenoxy) is 3. The molecule has 12 nitrogen and oxygen atoms in total. The number of halogens is 5. The zero-order chi connectivity index (χ0) is 53.5. The van der Waals surface area contributed by atoms with Gasteiger partial charge in [-0.25, -0.2) is 28.5 Å². The van der Waals surface area contributed by atoms with Crippen molar-refractivity contribution in [1.29, 1.82) is 0 Å². The molecule has 5 aromatic rings. The zero-order valence-corrected chi connectivity index (χ0v) is 45.7. The van der Waals surface area contributed by atoms with Gasteiger partial charge in [-0.1, -0.05) is 78.7 Å². The number of anilines is 1. The highest BCUT2D eigenvalue weighted by Crippen LogP contribution is 2.49. The molecule has 0 saturated carbocycles. The minimum Gasteiger partial charge on any atom is -0.476 e. The van der Waals surface area contributed by atoms with E-state index in [1.165, 1.54) is 6.07 Å². The molecule has 0 unspecified atom stereocenters. The summed E-state index contributed by atoms with van der Waals surface area (Å²) in [7, 11) is -2.33. The lowest BCUT2D eigenvalue weighted by Crippen LogP contribution is -2.62. The van der Waals surface area contributed by atoms with Crippen molar-refractivity contribution in [2.45, 2.75) is 185 Å². The molecule has 0 spiro atoms. The van der Waals surface area contributed by atoms with E-state index in [1.54, 1.807) is 12.1 Å². The topological polar surface area (TPSA) is 119 Å². The first-order chi connectivity index (χ1) is 35.5. The third-order valence-corrected chi connectivity index (χ3v) is 23.5. The smallest absolute Gasteiger partial charge is 0.433 e. The van der Waals surface area contributed by atoms with E-state index in [-0.39, 0.29) is 78.1 Å². The molecule has 2 bridgehead atoms. The molecule has 18 heteroatoms. The number of fused-ring (bicyclic) bond motifs is 7. The number of alkyl halides is 3. The number of carbonyl (C=O) groups is 1. The Labute approximate surface area is 437 Å². The van der Waals surface area contributed by atoms with Crippen LogP contribution < -0.4 is 14.4 Å². The summed E-state index contributed by atoms with van der Waals surface area (Å²) in [4.78, 5) is 43.2. The van der Waals surface area contributed by atoms with Gasteiger partial charge in [0.2, 0.25) is 5.88 Å². The molecule has 4 saturated heterocycles. The summed E-state index contributed by atoms with van der Waals surface area (Å²) in [5.74, 6) is 2.36. The lowest BCUT2D eigenvalue weighted by atomic mass is 9.88. The van der Waals surface area contributed by atoms with E-state index < -0.39 is 42.7 Å². The SMILES string of the molecule is CC(C)[Si](C#Cc1c(F)ccc2cccc(-c3nc4c5c(nc(OC[C@@]67CCCN6[C@H](COc6cc(C(F)(F)F)ncn6)CC7)nc5c3F)N3C[C@H]5CC[C@@H]([C@H]3CC[C@H]4C)N5C(=O)OC(C)(C)C)c12)(C(C)C)C(C)C. The van der Waals surface area contributed by atoms with Crippen molar-refractivity contribution in [3.8, 4) is 34.6 Å². The van der Waals surface area contributed by atoms with Gasteiger partial charge < -0.3 is 19.1 Å². The highest BCUT2D eigenvalue weighted by Gasteiger charge is 2.53. The maximum atomic E-state index is 18.4. The third kappa shape index (κ3) is 9.45. The molecule has 0 aliphatic carbocycles. The van der Waals surface area contributed by atoms with Crippen LogP contribution in [0.1, 0.15) is 143 Å². The second-order valence-corrected chi connectivity index (χ2v) is 29.2. The molecule has 0 radical (unpaired) electrons. The quantitative estimate of drug-likeness (QED) is 0.0755. The van der Waals surface area contributed by atoms with Crippen LogP contribution in [0.25, 0.3) is 32.9 Å². The van der Waals surface area contributed by atoms with Crippen LogP contribution in [-0.2, 0) is 10.9 Å². The number of piperazine rings is 1. The summed E-state index contributed by atoms with van der Waals surface area (Å²) in [5.41, 5.74) is 3.74. The Morgan fingerprint density at radius 2 is 1.63 bits per heavy atom. The van der Waals surface area contributed by atoms with Gasteiger partial charge in [0.15, 0.2) is 11.5 Å². The van der Waals surface area contributed by atoms with E-state index in [2.05, 4.69) is 79.7 Å². The number of hydrogen-bond donors (Lipinski definition) is 0. The summed E-state index contributed by atoms with van der Waals surface area (Å²) in [6.45, 7) is 22.4. The molecule has 75 heavy (non-hydrogen) atoms. The van der Waals surface area contributed by atoms with Crippen molar-refractivity contribution in [1.82, 2.24) is 34.7 Å². The number of pyridine rings is 1. The van der Waals surface area contributed by atoms with E-state index >= 15 is 8.78 Å². The number of amides is 1. The molecule has 400 valence electrons. The number of nitrogens with zero attached hydrogens (tertiary/aromatic N) is 8. The van der Waals surface area contributed by atoms with E-state index in [1.807, 2.05) is 37.8 Å². The highest BCUT2D eigenvalue weighted by molar-refractivity contribution is 6.90. The van der Waals surface area contributed by atoms with Crippen molar-refractivity contribution < 1.29 is 41.0 Å². The minimum atomic E-state index is -4.63. The molecular weight excluding hydrogens is 984 g/mol. The van der Waals surface area contributed by atoms with Crippen molar-refractivity contribution in [3.63, 3.8) is 0 Å². The summed E-state index contributed by atoms with van der Waals surface area (Å²) in [6, 6.07) is 8.80. The van der Waals surface area contributed by atoms with Gasteiger partial charge >= 0.3 is 18.3 Å². The van der Waals surface area contributed by atoms with Crippen LogP contribution in [0.2, 0.25) is 16.6 Å². The summed E-state index contributed by atoms with van der Waals surface area (Å²) in [6.07, 6.45) is 1.86. The van der Waals surface area contributed by atoms with Gasteiger partial charge in [0, 0.05) is 29.6 Å². The van der Waals surface area contributed by atoms with Gasteiger partial charge in [-0.05, 0) is 113 Å². The molecule has 3 aromatic heterocycles. The molecule has 8 heterocycles. The van der Waals surface area contributed by atoms with Crippen molar-refractivity contribution >= 4 is 41.7 Å². The van der Waals surface area contributed by atoms with E-state index in [9.17, 15) is 18.0 Å². The van der Waals surface area contributed by atoms with Gasteiger partial charge in [0.25, 0.3) is 0 Å². The second kappa shape index (κ2) is 19.7. The molecule has 6 atom stereocenters. The average molecular weight is 1050 g/mol. The Bertz CT molecular complexity index is 3060. The predicted octanol–water partition coefficient (Wildman–Crippen LogP) is 12.8. The first-order valence-electron chi connectivity index (χ1n) is 26.9. The van der Waals surface area contributed by atoms with Gasteiger partial charge in [-0.3, -0.25) is 9.80 Å². The largest absolute Gasteiger partial charge is 0.476 e. The second-order valence-electron chi connectivity index (χ2n) is 23.6. The van der Waals surface area contributed by atoms with Gasteiger partial charge in [-0.2, -0.15) is 23.1 Å². The van der Waals surface area contributed by atoms with Crippen LogP contribution in [0.3, 0.4) is 0 Å². The van der Waals surface area contributed by atoms with E-state index in [4.69, 9.17) is 29.2 Å². The molecule has 5 aliphatic heterocycles. The van der Waals surface area contributed by atoms with E-state index in [0.29, 0.717) is 75.7 Å². The molecule has 5 aliphatic rings. The standard InChI is InChI=1S/C57H69F5N8O4Si/c1-32(2)75(33(3)4,34(5)6)26-22-39-41(58)18-16-36-13-11-14-40(46(36)39)50-48(59)51-47-49(65-50)35(7)15-19-42-43-20-17-37(70(43)54(71)74-55(8,9)10)28-68(42)52(47)67-53(66-51)73-30-56-23-12-25-69(56)38(21-24-56)29-72-45-27-44(57(60,61)62)63-31-64-45/h11,13-14,16,18,27,31-35,37-38,42-43H,12,15,17,19-21,23-25,28-30H2,1-10H3/t35-,37-,38+,42-,43+,56+/m1/s1. The fraction of sp³-hybridized carbons (Fsp3) is 0.579. The Morgan fingerprint density at radius 1 is 0.880 bits per heavy atom. The molecule has 0 N–H and O–H groups in total. The zero-order valence-electron chi connectivity index (χ0n) is 44.7. The van der Waals surface area contributed by atoms with Crippen LogP contribution in [0.15, 0.2) is 42.7 Å². The molecule has 10 rings (SSSR count). The predicted molar refractivity (Wildman–Crippen MR) is 281 cm³/mol. The number of rotatable bonds is 10. The molecule has 4 fully saturated rings. The Morgan fingerprint density at radius 3 is 2.35 bits per heavy atom. The van der Waals surface area contributed by atoms with Gasteiger partial charge in [0.1, 0.15) is 56.1 Å². The minimum absolute atomic E-state index is 0.0112. The summed E-state index contributed by atoms with van der Waals surface area (Å²) in [5, 5.41) is 1.68. The number of aromatic nitrogens is 5.